The van der Waals surface area contributed by atoms with Crippen molar-refractivity contribution in [3.05, 3.63) is 53.2 Å². The number of anilines is 2. The Morgan fingerprint density at radius 3 is 2.52 bits per heavy atom. The number of carbonyl (C=O) groups is 1. The Bertz CT molecular complexity index is 730. The van der Waals surface area contributed by atoms with E-state index in [2.05, 4.69) is 9.72 Å². The Kier molecular flexibility index (Phi) is 4.58. The zero-order valence-corrected chi connectivity index (χ0v) is 12.8. The van der Waals surface area contributed by atoms with Gasteiger partial charge in [-0.2, -0.15) is 13.2 Å². The summed E-state index contributed by atoms with van der Waals surface area (Å²) in [7, 11) is 2.78. The normalized spacial score (nSPS) is 11.2. The molecule has 0 aliphatic heterocycles. The molecule has 122 valence electrons. The quantitative estimate of drug-likeness (QED) is 0.802. The number of hydrogen-bond acceptors (Lipinski definition) is 4. The second-order valence-corrected chi connectivity index (χ2v) is 4.87. The standard InChI is InChI=1S/C16H15F3N2O2/c1-10-12(16(17,18)19)7-4-8-13(10)21(2)14-11(15(22)23-3)6-5-9-20-14/h4-9H,1-3H3. The number of methoxy groups -OCH3 is 1. The highest BCUT2D eigenvalue weighted by Crippen LogP contribution is 2.37. The molecule has 0 atom stereocenters. The maximum Gasteiger partial charge on any atom is 0.416 e. The van der Waals surface area contributed by atoms with Crippen LogP contribution in [0.25, 0.3) is 0 Å². The lowest BCUT2D eigenvalue weighted by Gasteiger charge is -2.24. The number of carbonyl (C=O) groups excluding carboxylic acids is 1. The number of pyridine rings is 1. The van der Waals surface area contributed by atoms with E-state index in [0.717, 1.165) is 6.07 Å². The van der Waals surface area contributed by atoms with E-state index in [9.17, 15) is 18.0 Å². The van der Waals surface area contributed by atoms with Gasteiger partial charge in [0.1, 0.15) is 11.4 Å². The van der Waals surface area contributed by atoms with Crippen LogP contribution in [0.3, 0.4) is 0 Å². The number of rotatable bonds is 3. The van der Waals surface area contributed by atoms with E-state index in [1.54, 1.807) is 19.2 Å². The number of hydrogen-bond donors (Lipinski definition) is 0. The molecule has 1 heterocycles. The maximum absolute atomic E-state index is 13.0. The minimum absolute atomic E-state index is 0.0592. The first-order chi connectivity index (χ1) is 10.8. The van der Waals surface area contributed by atoms with Crippen molar-refractivity contribution in [1.29, 1.82) is 0 Å². The van der Waals surface area contributed by atoms with Gasteiger partial charge < -0.3 is 9.64 Å². The summed E-state index contributed by atoms with van der Waals surface area (Å²) >= 11 is 0. The van der Waals surface area contributed by atoms with Crippen LogP contribution in [0.1, 0.15) is 21.5 Å². The first-order valence-corrected chi connectivity index (χ1v) is 6.71. The van der Waals surface area contributed by atoms with E-state index in [4.69, 9.17) is 0 Å². The fraction of sp³-hybridized carbons (Fsp3) is 0.250. The molecule has 0 saturated carbocycles. The maximum atomic E-state index is 13.0. The molecule has 0 unspecified atom stereocenters. The van der Waals surface area contributed by atoms with Crippen molar-refractivity contribution >= 4 is 17.5 Å². The third-order valence-electron chi connectivity index (χ3n) is 3.48. The minimum atomic E-state index is -4.45. The van der Waals surface area contributed by atoms with Crippen molar-refractivity contribution < 1.29 is 22.7 Å². The molecule has 2 aromatic rings. The van der Waals surface area contributed by atoms with E-state index < -0.39 is 17.7 Å². The molecule has 4 nitrogen and oxygen atoms in total. The van der Waals surface area contributed by atoms with Gasteiger partial charge in [-0.05, 0) is 36.8 Å². The number of alkyl halides is 3. The second-order valence-electron chi connectivity index (χ2n) is 4.87. The first-order valence-electron chi connectivity index (χ1n) is 6.71. The third-order valence-corrected chi connectivity index (χ3v) is 3.48. The van der Waals surface area contributed by atoms with Crippen LogP contribution in [-0.2, 0) is 10.9 Å². The van der Waals surface area contributed by atoms with E-state index in [0.29, 0.717) is 5.69 Å². The van der Waals surface area contributed by atoms with Crippen LogP contribution in [0.2, 0.25) is 0 Å². The van der Waals surface area contributed by atoms with Crippen LogP contribution in [0.4, 0.5) is 24.7 Å². The van der Waals surface area contributed by atoms with Crippen molar-refractivity contribution in [3.63, 3.8) is 0 Å². The predicted octanol–water partition coefficient (Wildman–Crippen LogP) is 3.96. The van der Waals surface area contributed by atoms with Crippen molar-refractivity contribution in [1.82, 2.24) is 4.98 Å². The molecular weight excluding hydrogens is 309 g/mol. The lowest BCUT2D eigenvalue weighted by Crippen LogP contribution is -2.19. The molecule has 0 aliphatic carbocycles. The topological polar surface area (TPSA) is 42.4 Å². The highest BCUT2D eigenvalue weighted by atomic mass is 19.4. The van der Waals surface area contributed by atoms with Crippen molar-refractivity contribution in [2.75, 3.05) is 19.1 Å². The highest BCUT2D eigenvalue weighted by molar-refractivity contribution is 5.95. The van der Waals surface area contributed by atoms with Gasteiger partial charge in [0.05, 0.1) is 12.7 Å². The van der Waals surface area contributed by atoms with Crippen LogP contribution >= 0.6 is 0 Å². The summed E-state index contributed by atoms with van der Waals surface area (Å²) in [5, 5.41) is 0. The van der Waals surface area contributed by atoms with E-state index >= 15 is 0 Å². The molecule has 1 aromatic carbocycles. The van der Waals surface area contributed by atoms with Crippen LogP contribution in [0, 0.1) is 6.92 Å². The van der Waals surface area contributed by atoms with Gasteiger partial charge in [0, 0.05) is 18.9 Å². The smallest absolute Gasteiger partial charge is 0.416 e. The zero-order valence-electron chi connectivity index (χ0n) is 12.8. The fourth-order valence-electron chi connectivity index (χ4n) is 2.34. The lowest BCUT2D eigenvalue weighted by atomic mass is 10.1. The number of halogens is 3. The number of aromatic nitrogens is 1. The zero-order chi connectivity index (χ0) is 17.2. The Morgan fingerprint density at radius 2 is 1.91 bits per heavy atom. The Labute approximate surface area is 131 Å². The fourth-order valence-corrected chi connectivity index (χ4v) is 2.34. The van der Waals surface area contributed by atoms with Crippen LogP contribution < -0.4 is 4.90 Å². The van der Waals surface area contributed by atoms with Crippen molar-refractivity contribution in [2.45, 2.75) is 13.1 Å². The number of nitrogens with zero attached hydrogens (tertiary/aromatic N) is 2. The van der Waals surface area contributed by atoms with Gasteiger partial charge in [-0.1, -0.05) is 6.07 Å². The Hall–Kier alpha value is -2.57. The monoisotopic (exact) mass is 324 g/mol. The molecule has 23 heavy (non-hydrogen) atoms. The van der Waals surface area contributed by atoms with Gasteiger partial charge in [0.15, 0.2) is 0 Å². The third kappa shape index (κ3) is 3.28. The highest BCUT2D eigenvalue weighted by Gasteiger charge is 2.33. The summed E-state index contributed by atoms with van der Waals surface area (Å²) in [4.78, 5) is 17.4. The number of ether oxygens (including phenoxy) is 1. The molecule has 0 spiro atoms. The summed E-state index contributed by atoms with van der Waals surface area (Å²) in [6.07, 6.45) is -2.99. The molecule has 0 N–H and O–H groups in total. The summed E-state index contributed by atoms with van der Waals surface area (Å²) in [6.45, 7) is 1.38. The molecule has 0 fully saturated rings. The number of benzene rings is 1. The molecule has 7 heteroatoms. The first kappa shape index (κ1) is 16.8. The van der Waals surface area contributed by atoms with Gasteiger partial charge in [-0.25, -0.2) is 9.78 Å². The molecule has 0 amide bonds. The Morgan fingerprint density at radius 1 is 1.22 bits per heavy atom. The SMILES string of the molecule is COC(=O)c1cccnc1N(C)c1cccc(C(F)(F)F)c1C. The van der Waals surface area contributed by atoms with Gasteiger partial charge in [0.2, 0.25) is 0 Å². The summed E-state index contributed by atoms with van der Waals surface area (Å²) < 4.78 is 43.8. The average molecular weight is 324 g/mol. The van der Waals surface area contributed by atoms with Gasteiger partial charge in [-0.15, -0.1) is 0 Å². The minimum Gasteiger partial charge on any atom is -0.465 e. The van der Waals surface area contributed by atoms with Crippen LogP contribution in [-0.4, -0.2) is 25.1 Å². The van der Waals surface area contributed by atoms with Crippen LogP contribution in [0.5, 0.6) is 0 Å². The molecule has 0 saturated heterocycles. The van der Waals surface area contributed by atoms with E-state index in [-0.39, 0.29) is 16.9 Å². The second kappa shape index (κ2) is 6.28. The number of esters is 1. The predicted molar refractivity (Wildman–Crippen MR) is 79.8 cm³/mol. The molecule has 0 aliphatic rings. The van der Waals surface area contributed by atoms with Gasteiger partial charge in [-0.3, -0.25) is 0 Å². The van der Waals surface area contributed by atoms with Crippen molar-refractivity contribution in [3.8, 4) is 0 Å². The van der Waals surface area contributed by atoms with Crippen molar-refractivity contribution in [2.24, 2.45) is 0 Å². The molecule has 0 radical (unpaired) electrons. The molecule has 1 aromatic heterocycles. The van der Waals surface area contributed by atoms with Crippen LogP contribution in [0.15, 0.2) is 36.5 Å². The summed E-state index contributed by atoms with van der Waals surface area (Å²) in [5.41, 5.74) is -0.181. The van der Waals surface area contributed by atoms with E-state index in [1.807, 2.05) is 0 Å². The molecular formula is C16H15F3N2O2. The summed E-state index contributed by atoms with van der Waals surface area (Å²) in [6, 6.07) is 6.95. The Balaban J connectivity index is 2.55. The molecule has 2 rings (SSSR count). The largest absolute Gasteiger partial charge is 0.465 e. The average Bonchev–Trinajstić information content (AvgIpc) is 2.52. The summed E-state index contributed by atoms with van der Waals surface area (Å²) in [5.74, 6) is -0.383. The van der Waals surface area contributed by atoms with Gasteiger partial charge >= 0.3 is 12.1 Å². The van der Waals surface area contributed by atoms with E-state index in [1.165, 1.54) is 37.3 Å². The van der Waals surface area contributed by atoms with Gasteiger partial charge in [0.25, 0.3) is 0 Å². The lowest BCUT2D eigenvalue weighted by molar-refractivity contribution is -0.138. The molecule has 0 bridgehead atoms.